The molecule has 0 saturated heterocycles. The minimum absolute atomic E-state index is 0.343. The Morgan fingerprint density at radius 1 is 0.880 bits per heavy atom. The molecule has 3 rings (SSSR count). The van der Waals surface area contributed by atoms with E-state index in [1.54, 1.807) is 13.2 Å². The van der Waals surface area contributed by atoms with Crippen LogP contribution in [0.4, 0.5) is 0 Å². The van der Waals surface area contributed by atoms with Crippen LogP contribution in [0.25, 0.3) is 11.0 Å². The summed E-state index contributed by atoms with van der Waals surface area (Å²) in [5.41, 5.74) is 1.17. The molecular formula is C20H20O5. The molecule has 25 heavy (non-hydrogen) atoms. The molecule has 0 aliphatic carbocycles. The summed E-state index contributed by atoms with van der Waals surface area (Å²) in [5.74, 6) is 2.18. The molecular weight excluding hydrogens is 320 g/mol. The zero-order valence-electron chi connectivity index (χ0n) is 14.3. The molecule has 0 bridgehead atoms. The molecule has 0 N–H and O–H groups in total. The van der Waals surface area contributed by atoms with Crippen molar-refractivity contribution in [2.75, 3.05) is 20.3 Å². The molecule has 3 aromatic rings. The van der Waals surface area contributed by atoms with Gasteiger partial charge in [-0.05, 0) is 48.4 Å². The highest BCUT2D eigenvalue weighted by Gasteiger charge is 2.06. The van der Waals surface area contributed by atoms with Gasteiger partial charge >= 0.3 is 5.63 Å². The molecule has 0 radical (unpaired) electrons. The largest absolute Gasteiger partial charge is 0.497 e. The molecule has 0 atom stereocenters. The number of ether oxygens (including phenoxy) is 3. The summed E-state index contributed by atoms with van der Waals surface area (Å²) in [7, 11) is 1.62. The lowest BCUT2D eigenvalue weighted by atomic mass is 10.1. The average molecular weight is 340 g/mol. The van der Waals surface area contributed by atoms with Crippen LogP contribution in [-0.2, 0) is 6.42 Å². The number of methoxy groups -OCH3 is 1. The summed E-state index contributed by atoms with van der Waals surface area (Å²) in [6.45, 7) is 2.80. The second-order valence-electron chi connectivity index (χ2n) is 5.47. The Morgan fingerprint density at radius 2 is 1.52 bits per heavy atom. The van der Waals surface area contributed by atoms with Crippen molar-refractivity contribution in [2.24, 2.45) is 0 Å². The summed E-state index contributed by atoms with van der Waals surface area (Å²) in [5, 5.41) is 0.934. The molecule has 5 nitrogen and oxygen atoms in total. The Labute approximate surface area is 145 Å². The Morgan fingerprint density at radius 3 is 2.20 bits per heavy atom. The zero-order valence-corrected chi connectivity index (χ0v) is 14.3. The van der Waals surface area contributed by atoms with Crippen LogP contribution in [0.1, 0.15) is 12.5 Å². The number of aryl methyl sites for hydroxylation is 1. The molecule has 0 amide bonds. The van der Waals surface area contributed by atoms with E-state index in [1.807, 2.05) is 43.3 Å². The van der Waals surface area contributed by atoms with Crippen molar-refractivity contribution in [2.45, 2.75) is 13.3 Å². The van der Waals surface area contributed by atoms with Crippen molar-refractivity contribution in [3.05, 3.63) is 64.5 Å². The van der Waals surface area contributed by atoms with E-state index in [9.17, 15) is 4.79 Å². The summed E-state index contributed by atoms with van der Waals surface area (Å²) in [6, 6.07) is 14.4. The van der Waals surface area contributed by atoms with Crippen molar-refractivity contribution >= 4 is 11.0 Å². The smallest absolute Gasteiger partial charge is 0.336 e. The first-order chi connectivity index (χ1) is 12.2. The molecule has 0 fully saturated rings. The van der Waals surface area contributed by atoms with Crippen LogP contribution >= 0.6 is 0 Å². The molecule has 0 spiro atoms. The maximum absolute atomic E-state index is 11.6. The van der Waals surface area contributed by atoms with Gasteiger partial charge in [0.05, 0.1) is 7.11 Å². The lowest BCUT2D eigenvalue weighted by Crippen LogP contribution is -2.09. The second kappa shape index (κ2) is 7.75. The van der Waals surface area contributed by atoms with Crippen LogP contribution in [0.15, 0.2) is 57.7 Å². The third-order valence-corrected chi connectivity index (χ3v) is 3.86. The van der Waals surface area contributed by atoms with Crippen molar-refractivity contribution in [3.63, 3.8) is 0 Å². The van der Waals surface area contributed by atoms with Crippen molar-refractivity contribution < 1.29 is 18.6 Å². The molecule has 2 aromatic carbocycles. The molecule has 5 heteroatoms. The zero-order chi connectivity index (χ0) is 17.6. The summed E-state index contributed by atoms with van der Waals surface area (Å²) >= 11 is 0. The van der Waals surface area contributed by atoms with Crippen LogP contribution in [-0.4, -0.2) is 20.3 Å². The fraction of sp³-hybridized carbons (Fsp3) is 0.250. The first kappa shape index (κ1) is 16.9. The fourth-order valence-electron chi connectivity index (χ4n) is 2.58. The third kappa shape index (κ3) is 4.12. The van der Waals surface area contributed by atoms with Gasteiger partial charge in [0.1, 0.15) is 36.0 Å². The average Bonchev–Trinajstić information content (AvgIpc) is 2.64. The number of hydrogen-bond donors (Lipinski definition) is 0. The maximum atomic E-state index is 11.6. The van der Waals surface area contributed by atoms with Crippen molar-refractivity contribution in [3.8, 4) is 17.2 Å². The van der Waals surface area contributed by atoms with E-state index in [0.717, 1.165) is 28.9 Å². The van der Waals surface area contributed by atoms with Crippen LogP contribution in [0.5, 0.6) is 17.2 Å². The molecule has 1 aromatic heterocycles. The van der Waals surface area contributed by atoms with E-state index in [-0.39, 0.29) is 5.63 Å². The normalized spacial score (nSPS) is 10.6. The van der Waals surface area contributed by atoms with Crippen LogP contribution in [0.3, 0.4) is 0 Å². The highest BCUT2D eigenvalue weighted by molar-refractivity contribution is 5.81. The number of fused-ring (bicyclic) bond motifs is 1. The van der Waals surface area contributed by atoms with Gasteiger partial charge < -0.3 is 18.6 Å². The molecule has 0 aliphatic heterocycles. The Hall–Kier alpha value is -2.95. The second-order valence-corrected chi connectivity index (χ2v) is 5.47. The topological polar surface area (TPSA) is 57.9 Å². The standard InChI is InChI=1S/C20H20O5/c1-3-14-12-20(21)25-19-13-17(8-9-18(14)19)24-11-10-23-16-6-4-15(22-2)5-7-16/h4-9,12-13H,3,10-11H2,1-2H3. The van der Waals surface area contributed by atoms with E-state index in [1.165, 1.54) is 6.07 Å². The van der Waals surface area contributed by atoms with Gasteiger partial charge in [-0.25, -0.2) is 4.79 Å². The minimum atomic E-state index is -0.343. The van der Waals surface area contributed by atoms with Gasteiger partial charge in [0.25, 0.3) is 0 Å². The predicted octanol–water partition coefficient (Wildman–Crippen LogP) is 3.82. The Balaban J connectivity index is 1.60. The first-order valence-electron chi connectivity index (χ1n) is 8.16. The minimum Gasteiger partial charge on any atom is -0.497 e. The molecule has 0 unspecified atom stereocenters. The predicted molar refractivity (Wildman–Crippen MR) is 95.8 cm³/mol. The number of hydrogen-bond acceptors (Lipinski definition) is 5. The highest BCUT2D eigenvalue weighted by Crippen LogP contribution is 2.23. The fourth-order valence-corrected chi connectivity index (χ4v) is 2.58. The SMILES string of the molecule is CCc1cc(=O)oc2cc(OCCOc3ccc(OC)cc3)ccc12. The van der Waals surface area contributed by atoms with Crippen molar-refractivity contribution in [1.29, 1.82) is 0 Å². The van der Waals surface area contributed by atoms with E-state index < -0.39 is 0 Å². The lowest BCUT2D eigenvalue weighted by molar-refractivity contribution is 0.217. The summed E-state index contributed by atoms with van der Waals surface area (Å²) < 4.78 is 21.7. The number of benzene rings is 2. The van der Waals surface area contributed by atoms with Crippen LogP contribution in [0.2, 0.25) is 0 Å². The van der Waals surface area contributed by atoms with E-state index in [2.05, 4.69) is 0 Å². The van der Waals surface area contributed by atoms with Gasteiger partial charge in [-0.15, -0.1) is 0 Å². The highest BCUT2D eigenvalue weighted by atomic mass is 16.5. The molecule has 130 valence electrons. The lowest BCUT2D eigenvalue weighted by Gasteiger charge is -2.10. The van der Waals surface area contributed by atoms with E-state index in [4.69, 9.17) is 18.6 Å². The monoisotopic (exact) mass is 340 g/mol. The van der Waals surface area contributed by atoms with Gasteiger partial charge in [-0.2, -0.15) is 0 Å². The van der Waals surface area contributed by atoms with Gasteiger partial charge in [0.15, 0.2) is 0 Å². The molecule has 0 saturated carbocycles. The third-order valence-electron chi connectivity index (χ3n) is 3.86. The Bertz CT molecular complexity index is 896. The first-order valence-corrected chi connectivity index (χ1v) is 8.16. The summed E-state index contributed by atoms with van der Waals surface area (Å²) in [4.78, 5) is 11.6. The molecule has 1 heterocycles. The van der Waals surface area contributed by atoms with Gasteiger partial charge in [0, 0.05) is 17.5 Å². The number of rotatable bonds is 7. The summed E-state index contributed by atoms with van der Waals surface area (Å²) in [6.07, 6.45) is 0.776. The van der Waals surface area contributed by atoms with Gasteiger partial charge in [-0.1, -0.05) is 6.92 Å². The van der Waals surface area contributed by atoms with E-state index in [0.29, 0.717) is 24.5 Å². The van der Waals surface area contributed by atoms with Crippen molar-refractivity contribution in [1.82, 2.24) is 0 Å². The van der Waals surface area contributed by atoms with Gasteiger partial charge in [-0.3, -0.25) is 0 Å². The Kier molecular flexibility index (Phi) is 5.23. The maximum Gasteiger partial charge on any atom is 0.336 e. The van der Waals surface area contributed by atoms with E-state index >= 15 is 0 Å². The molecule has 0 aliphatic rings. The van der Waals surface area contributed by atoms with Crippen LogP contribution < -0.4 is 19.8 Å². The van der Waals surface area contributed by atoms with Gasteiger partial charge in [0.2, 0.25) is 0 Å². The quantitative estimate of drug-likeness (QED) is 0.483. The van der Waals surface area contributed by atoms with Crippen LogP contribution in [0, 0.1) is 0 Å².